The van der Waals surface area contributed by atoms with E-state index in [9.17, 15) is 14.3 Å². The minimum atomic E-state index is -1.88. The van der Waals surface area contributed by atoms with Gasteiger partial charge in [-0.05, 0) is 0 Å². The van der Waals surface area contributed by atoms with Gasteiger partial charge in [0.1, 0.15) is 5.76 Å². The van der Waals surface area contributed by atoms with E-state index in [0.29, 0.717) is 5.56 Å². The summed E-state index contributed by atoms with van der Waals surface area (Å²) in [6.45, 7) is 13.2. The molecular weight excluding hydrogens is 762 g/mol. The fourth-order valence-corrected chi connectivity index (χ4v) is 6.51. The third kappa shape index (κ3) is 9.20. The summed E-state index contributed by atoms with van der Waals surface area (Å²) in [5, 5.41) is 11.8. The average Bonchev–Trinajstić information content (AvgIpc) is 2.88. The van der Waals surface area contributed by atoms with Crippen molar-refractivity contribution in [3.63, 3.8) is 0 Å². The fraction of sp³-hybridized carbons (Fsp3) is 0.333. The number of aromatic nitrogens is 1. The van der Waals surface area contributed by atoms with Crippen molar-refractivity contribution in [2.24, 2.45) is 10.8 Å². The van der Waals surface area contributed by atoms with Crippen molar-refractivity contribution in [2.75, 3.05) is 0 Å². The van der Waals surface area contributed by atoms with Crippen LogP contribution in [0.4, 0.5) is 4.39 Å². The summed E-state index contributed by atoms with van der Waals surface area (Å²) in [4.78, 5) is 15.8. The molecule has 1 heterocycles. The third-order valence-corrected chi connectivity index (χ3v) is 11.3. The number of nitrogens with zero attached hydrogens (tertiary/aromatic N) is 1. The van der Waals surface area contributed by atoms with E-state index in [2.05, 4.69) is 59.5 Å². The number of ketones is 1. The van der Waals surface area contributed by atoms with Crippen molar-refractivity contribution >= 4 is 34.2 Å². The van der Waals surface area contributed by atoms with E-state index in [1.165, 1.54) is 27.6 Å². The van der Waals surface area contributed by atoms with Gasteiger partial charge in [-0.25, -0.2) is 0 Å². The molecule has 6 heteroatoms. The second kappa shape index (κ2) is 13.8. The predicted molar refractivity (Wildman–Crippen MR) is 174 cm³/mol. The molecule has 42 heavy (non-hydrogen) atoms. The summed E-state index contributed by atoms with van der Waals surface area (Å²) in [5.41, 5.74) is 3.49. The summed E-state index contributed by atoms with van der Waals surface area (Å²) < 4.78 is 16.0. The monoisotopic (exact) mass is 807 g/mol. The molecule has 0 amide bonds. The summed E-state index contributed by atoms with van der Waals surface area (Å²) in [7, 11) is 0. The van der Waals surface area contributed by atoms with Gasteiger partial charge in [-0.1, -0.05) is 47.6 Å². The number of aryl methyl sites for hydroxylation is 1. The fourth-order valence-electron chi connectivity index (χ4n) is 4.06. The molecule has 1 radical (unpaired) electrons. The molecule has 0 saturated carbocycles. The zero-order valence-electron chi connectivity index (χ0n) is 26.4. The molecule has 4 rings (SSSR count). The van der Waals surface area contributed by atoms with Gasteiger partial charge in [0.05, 0.1) is 0 Å². The minimum Gasteiger partial charge on any atom is 0 e. The Labute approximate surface area is 267 Å². The van der Waals surface area contributed by atoms with E-state index in [4.69, 9.17) is 0 Å². The van der Waals surface area contributed by atoms with E-state index in [1.807, 2.05) is 77.9 Å². The van der Waals surface area contributed by atoms with Crippen LogP contribution >= 0.6 is 0 Å². The summed E-state index contributed by atoms with van der Waals surface area (Å²) in [5.74, 6) is 6.88. The number of halogens is 1. The molecule has 0 aliphatic heterocycles. The maximum Gasteiger partial charge on any atom is 0 e. The average molecular weight is 806 g/mol. The number of carbonyl (C=O) groups is 1. The maximum absolute atomic E-state index is 14.6. The Morgan fingerprint density at radius 2 is 1.52 bits per heavy atom. The second-order valence-corrected chi connectivity index (χ2v) is 24.3. The van der Waals surface area contributed by atoms with E-state index in [-0.39, 0.29) is 42.9 Å². The Morgan fingerprint density at radius 1 is 0.929 bits per heavy atom. The number of aliphatic hydroxyl groups is 1. The number of allylic oxidation sites excluding steroid dienone is 2. The van der Waals surface area contributed by atoms with Gasteiger partial charge in [-0.15, -0.1) is 0 Å². The molecule has 0 aliphatic carbocycles. The largest absolute Gasteiger partial charge is 0 e. The first kappa shape index (κ1) is 35.6. The van der Waals surface area contributed by atoms with Gasteiger partial charge < -0.3 is 5.11 Å². The molecule has 3 aromatic carbocycles. The van der Waals surface area contributed by atoms with E-state index in [0.717, 1.165) is 22.2 Å². The molecule has 1 N–H and O–H groups in total. The maximum atomic E-state index is 14.6. The summed E-state index contributed by atoms with van der Waals surface area (Å²) >= 11 is -1.88. The van der Waals surface area contributed by atoms with E-state index in [1.54, 1.807) is 0 Å². The first-order valence-corrected chi connectivity index (χ1v) is 21.4. The zero-order chi connectivity index (χ0) is 30.8. The zero-order valence-corrected chi connectivity index (χ0v) is 30.9. The third-order valence-electron chi connectivity index (χ3n) is 6.95. The Kier molecular flexibility index (Phi) is 11.7. The second-order valence-electron chi connectivity index (χ2n) is 13.7. The number of pyridine rings is 1. The molecule has 4 aromatic rings. The van der Waals surface area contributed by atoms with Crippen molar-refractivity contribution in [1.29, 1.82) is 0 Å². The first-order valence-electron chi connectivity index (χ1n) is 14.0. The molecule has 0 atom stereocenters. The molecule has 0 spiro atoms. The molecule has 0 fully saturated rings. The normalized spacial score (nSPS) is 12.3. The molecule has 0 aliphatic rings. The minimum absolute atomic E-state index is 0. The topological polar surface area (TPSA) is 50.2 Å². The van der Waals surface area contributed by atoms with Gasteiger partial charge >= 0.3 is 163 Å². The molecule has 3 nitrogen and oxygen atoms in total. The van der Waals surface area contributed by atoms with E-state index < -0.39 is 18.7 Å². The van der Waals surface area contributed by atoms with Crippen molar-refractivity contribution < 1.29 is 34.4 Å². The Hall–Kier alpha value is -2.60. The predicted octanol–water partition coefficient (Wildman–Crippen LogP) is 9.45. The van der Waals surface area contributed by atoms with Gasteiger partial charge in [0.15, 0.2) is 5.78 Å². The van der Waals surface area contributed by atoms with Crippen molar-refractivity contribution in [1.82, 2.24) is 4.98 Å². The van der Waals surface area contributed by atoms with Crippen molar-refractivity contribution in [3.05, 3.63) is 96.1 Å². The Morgan fingerprint density at radius 3 is 2.07 bits per heavy atom. The summed E-state index contributed by atoms with van der Waals surface area (Å²) in [6.07, 6.45) is 2.65. The molecule has 225 valence electrons. The van der Waals surface area contributed by atoms with Gasteiger partial charge in [0.2, 0.25) is 0 Å². The van der Waals surface area contributed by atoms with Crippen molar-refractivity contribution in [2.45, 2.75) is 65.7 Å². The molecule has 0 unspecified atom stereocenters. The quantitative estimate of drug-likeness (QED) is 0.0969. The number of carbonyl (C=O) groups excluding carboxylic acids is 1. The Bertz CT molecular complexity index is 1570. The standard InChI is InChI=1S/C25H23FGeN.C11H20O2.Ir/c1-17-13-20(14-19-7-5-6-8-22(17)19)25-15-23(24(26)16-28-25)18-9-11-21(12-10-18)27(2,3)4;1-10(2,3)8(12)7-9(13)11(4,5)6;/h5-13,15-16H,1-4H3;7,12H,1-6H3;/q-1;;/b;8-7-;. The molecule has 1 aromatic heterocycles. The number of hydrogen-bond acceptors (Lipinski definition) is 3. The van der Waals surface area contributed by atoms with Crippen LogP contribution in [0.15, 0.2) is 78.7 Å². The van der Waals surface area contributed by atoms with Crippen LogP contribution in [0.2, 0.25) is 17.3 Å². The van der Waals surface area contributed by atoms with Crippen LogP contribution < -0.4 is 4.40 Å². The van der Waals surface area contributed by atoms with Gasteiger partial charge in [0, 0.05) is 37.0 Å². The Balaban J connectivity index is 0.000000377. The van der Waals surface area contributed by atoms with Crippen LogP contribution in [0, 0.1) is 29.6 Å². The van der Waals surface area contributed by atoms with Crippen molar-refractivity contribution in [3.8, 4) is 22.4 Å². The smallest absolute Gasteiger partial charge is 0 e. The number of hydrogen-bond donors (Lipinski definition) is 1. The molecule has 0 bridgehead atoms. The van der Waals surface area contributed by atoms with Crippen LogP contribution in [0.25, 0.3) is 33.2 Å². The first-order chi connectivity index (χ1) is 18.9. The van der Waals surface area contributed by atoms with Crippen LogP contribution in [0.5, 0.6) is 0 Å². The number of aliphatic hydroxyl groups excluding tert-OH is 1. The van der Waals surface area contributed by atoms with Crippen LogP contribution in [-0.4, -0.2) is 29.1 Å². The number of fused-ring (bicyclic) bond motifs is 1. The van der Waals surface area contributed by atoms with Gasteiger partial charge in [-0.3, -0.25) is 4.79 Å². The SMILES string of the molecule is CC(C)(C)C(=O)/C=C(\O)C(C)(C)C.Cc1cc(-c2cc(-c3cc[c]([Ge]([CH3])([CH3])[CH3])cc3)c(F)cn2)[c-]c2ccccc12.[Ir]. The summed E-state index contributed by atoms with van der Waals surface area (Å²) in [6, 6.07) is 23.9. The van der Waals surface area contributed by atoms with Gasteiger partial charge in [-0.2, -0.15) is 0 Å². The van der Waals surface area contributed by atoms with Crippen LogP contribution in [-0.2, 0) is 24.9 Å². The van der Waals surface area contributed by atoms with E-state index >= 15 is 0 Å². The molecule has 0 saturated heterocycles. The molecular formula is C36H43FGeIrNO2-. The van der Waals surface area contributed by atoms with Crippen LogP contribution in [0.3, 0.4) is 0 Å². The number of rotatable bonds is 4. The van der Waals surface area contributed by atoms with Gasteiger partial charge in [0.25, 0.3) is 0 Å². The van der Waals surface area contributed by atoms with Crippen LogP contribution in [0.1, 0.15) is 47.1 Å². The number of benzene rings is 3.